The molecule has 0 fully saturated rings. The summed E-state index contributed by atoms with van der Waals surface area (Å²) in [6.45, 7) is 0. The molecule has 2 heteroatoms. The van der Waals surface area contributed by atoms with E-state index in [0.717, 1.165) is 24.2 Å². The molecule has 1 heterocycles. The first-order chi connectivity index (χ1) is 8.25. The van der Waals surface area contributed by atoms with E-state index < -0.39 is 0 Å². The predicted octanol–water partition coefficient (Wildman–Crippen LogP) is 4.18. The maximum atomic E-state index is 8.25. The fourth-order valence-corrected chi connectivity index (χ4v) is 2.25. The molecule has 0 saturated heterocycles. The molecule has 0 radical (unpaired) electrons. The number of nitrogens with one attached hydrogen (secondary N) is 1. The minimum Gasteiger partial charge on any atom is -0.355 e. The average molecular weight is 231 g/mol. The van der Waals surface area contributed by atoms with Crippen molar-refractivity contribution in [1.82, 2.24) is 0 Å². The van der Waals surface area contributed by atoms with Gasteiger partial charge in [0.2, 0.25) is 0 Å². The fraction of sp³-hybridized carbons (Fsp3) is 0.143. The van der Waals surface area contributed by atoms with Crippen LogP contribution in [-0.4, -0.2) is 0 Å². The van der Waals surface area contributed by atoms with E-state index in [4.69, 9.17) is 13.0 Å². The third-order valence-corrected chi connectivity index (χ3v) is 3.18. The Bertz CT molecular complexity index is 568. The SMILES string of the molecule is [2H]N1c2ccccc2CCc2ccc(Cl)cc21. The maximum absolute atomic E-state index is 8.25. The Morgan fingerprint density at radius 2 is 1.75 bits per heavy atom. The van der Waals surface area contributed by atoms with Gasteiger partial charge < -0.3 is 5.31 Å². The average Bonchev–Trinajstić information content (AvgIpc) is 2.49. The summed E-state index contributed by atoms with van der Waals surface area (Å²) in [5, 5.41) is 2.17. The van der Waals surface area contributed by atoms with Crippen LogP contribution in [0, 0.1) is 0 Å². The molecule has 1 aliphatic rings. The molecule has 3 rings (SSSR count). The molecular weight excluding hydrogens is 218 g/mol. The minimum absolute atomic E-state index is 0.681. The van der Waals surface area contributed by atoms with E-state index in [1.165, 1.54) is 16.4 Å². The molecule has 2 aromatic carbocycles. The lowest BCUT2D eigenvalue weighted by Crippen LogP contribution is -1.92. The van der Waals surface area contributed by atoms with Gasteiger partial charge in [-0.15, -0.1) is 0 Å². The second kappa shape index (κ2) is 3.84. The maximum Gasteiger partial charge on any atom is 0.167 e. The van der Waals surface area contributed by atoms with Crippen LogP contribution in [0.4, 0.5) is 11.4 Å². The van der Waals surface area contributed by atoms with E-state index in [1.54, 1.807) is 0 Å². The van der Waals surface area contributed by atoms with Crippen molar-refractivity contribution in [1.29, 1.82) is 0 Å². The van der Waals surface area contributed by atoms with E-state index in [0.29, 0.717) is 5.02 Å². The van der Waals surface area contributed by atoms with Crippen LogP contribution in [-0.2, 0) is 12.8 Å². The number of aryl methyl sites for hydroxylation is 2. The molecule has 0 aromatic heterocycles. The fourth-order valence-electron chi connectivity index (χ4n) is 2.08. The van der Waals surface area contributed by atoms with Crippen molar-refractivity contribution in [3.63, 3.8) is 0 Å². The molecule has 1 aliphatic heterocycles. The minimum atomic E-state index is 0.681. The van der Waals surface area contributed by atoms with Crippen molar-refractivity contribution in [3.8, 4) is 0 Å². The smallest absolute Gasteiger partial charge is 0.167 e. The van der Waals surface area contributed by atoms with Crippen LogP contribution >= 0.6 is 11.6 Å². The van der Waals surface area contributed by atoms with Gasteiger partial charge in [0.25, 0.3) is 0 Å². The third-order valence-electron chi connectivity index (χ3n) is 2.94. The summed E-state index contributed by atoms with van der Waals surface area (Å²) in [5.74, 6) is 0. The second-order valence-corrected chi connectivity index (χ2v) is 4.45. The molecular formula is C14H12ClN. The number of anilines is 2. The standard InChI is InChI=1S/C14H12ClN/c15-12-8-7-11-6-5-10-3-1-2-4-13(10)16-14(11)9-12/h1-4,7-9,16H,5-6H2/i/hD. The highest BCUT2D eigenvalue weighted by molar-refractivity contribution is 6.30. The lowest BCUT2D eigenvalue weighted by Gasteiger charge is -2.09. The number of hydrogen-bond acceptors (Lipinski definition) is 1. The van der Waals surface area contributed by atoms with Crippen molar-refractivity contribution < 1.29 is 1.41 Å². The number of fused-ring (bicyclic) bond motifs is 2. The van der Waals surface area contributed by atoms with Crippen molar-refractivity contribution in [2.75, 3.05) is 5.31 Å². The van der Waals surface area contributed by atoms with Gasteiger partial charge >= 0.3 is 0 Å². The van der Waals surface area contributed by atoms with Crippen LogP contribution in [0.25, 0.3) is 0 Å². The van der Waals surface area contributed by atoms with Gasteiger partial charge in [0, 0.05) is 16.4 Å². The van der Waals surface area contributed by atoms with Crippen LogP contribution in [0.2, 0.25) is 6.43 Å². The molecule has 0 spiro atoms. The predicted molar refractivity (Wildman–Crippen MR) is 68.6 cm³/mol. The molecule has 2 aromatic rings. The van der Waals surface area contributed by atoms with Gasteiger partial charge in [-0.1, -0.05) is 35.9 Å². The van der Waals surface area contributed by atoms with E-state index in [1.807, 2.05) is 36.4 Å². The Morgan fingerprint density at radius 3 is 2.62 bits per heavy atom. The first-order valence-electron chi connectivity index (χ1n) is 5.86. The van der Waals surface area contributed by atoms with Gasteiger partial charge in [0.05, 0.1) is 0 Å². The Labute approximate surface area is 102 Å². The van der Waals surface area contributed by atoms with Crippen LogP contribution < -0.4 is 5.31 Å². The summed E-state index contributed by atoms with van der Waals surface area (Å²) < 4.78 is 8.25. The van der Waals surface area contributed by atoms with Gasteiger partial charge in [0.1, 0.15) is 0 Å². The highest BCUT2D eigenvalue weighted by atomic mass is 35.5. The molecule has 80 valence electrons. The largest absolute Gasteiger partial charge is 0.355 e. The zero-order valence-electron chi connectivity index (χ0n) is 9.78. The van der Waals surface area contributed by atoms with Crippen LogP contribution in [0.15, 0.2) is 42.5 Å². The van der Waals surface area contributed by atoms with Gasteiger partial charge in [-0.05, 0) is 42.2 Å². The number of para-hydroxylation sites is 1. The van der Waals surface area contributed by atoms with Crippen LogP contribution in [0.5, 0.6) is 0 Å². The monoisotopic (exact) mass is 230 g/mol. The van der Waals surface area contributed by atoms with E-state index in [9.17, 15) is 0 Å². The van der Waals surface area contributed by atoms with Crippen molar-refractivity contribution >= 4 is 23.0 Å². The van der Waals surface area contributed by atoms with Crippen LogP contribution in [0.1, 0.15) is 11.1 Å². The molecule has 0 bridgehead atoms. The molecule has 0 amide bonds. The number of rotatable bonds is 0. The summed E-state index contributed by atoms with van der Waals surface area (Å²) in [7, 11) is 0. The zero-order valence-corrected chi connectivity index (χ0v) is 9.54. The van der Waals surface area contributed by atoms with Gasteiger partial charge in [0.15, 0.2) is 1.41 Å². The van der Waals surface area contributed by atoms with Crippen molar-refractivity contribution in [2.24, 2.45) is 0 Å². The molecule has 0 unspecified atom stereocenters. The summed E-state index contributed by atoms with van der Waals surface area (Å²) in [6.07, 6.45) is 1.93. The summed E-state index contributed by atoms with van der Waals surface area (Å²) in [6, 6.07) is 13.8. The molecule has 16 heavy (non-hydrogen) atoms. The lowest BCUT2D eigenvalue weighted by atomic mass is 10.0. The highest BCUT2D eigenvalue weighted by Crippen LogP contribution is 2.31. The molecule has 0 aliphatic carbocycles. The van der Waals surface area contributed by atoms with E-state index >= 15 is 0 Å². The normalized spacial score (nSPS) is 14.8. The zero-order chi connectivity index (χ0) is 11.8. The topological polar surface area (TPSA) is 12.0 Å². The first-order valence-corrected chi connectivity index (χ1v) is 5.79. The molecule has 1 nitrogen and oxygen atoms in total. The summed E-state index contributed by atoms with van der Waals surface area (Å²) in [5.41, 5.74) is 4.24. The second-order valence-electron chi connectivity index (χ2n) is 4.01. The van der Waals surface area contributed by atoms with Crippen LogP contribution in [0.3, 0.4) is 0 Å². The van der Waals surface area contributed by atoms with Gasteiger partial charge in [-0.2, -0.15) is 0 Å². The van der Waals surface area contributed by atoms with E-state index in [-0.39, 0.29) is 0 Å². The number of benzene rings is 2. The molecule has 1 N–H and O–H groups in total. The van der Waals surface area contributed by atoms with E-state index in [2.05, 4.69) is 6.07 Å². The Kier molecular flexibility index (Phi) is 2.08. The quantitative estimate of drug-likeness (QED) is 0.716. The molecule has 0 atom stereocenters. The molecule has 0 saturated carbocycles. The lowest BCUT2D eigenvalue weighted by molar-refractivity contribution is 0.977. The first kappa shape index (κ1) is 8.66. The Balaban J connectivity index is 2.18. The highest BCUT2D eigenvalue weighted by Gasteiger charge is 2.11. The van der Waals surface area contributed by atoms with Crippen molar-refractivity contribution in [2.45, 2.75) is 12.8 Å². The summed E-state index contributed by atoms with van der Waals surface area (Å²) in [4.78, 5) is 0. The Hall–Kier alpha value is -1.47. The van der Waals surface area contributed by atoms with Gasteiger partial charge in [-0.25, -0.2) is 0 Å². The number of hydrogen-bond donors (Lipinski definition) is 1. The summed E-state index contributed by atoms with van der Waals surface area (Å²) >= 11 is 6.01. The van der Waals surface area contributed by atoms with Gasteiger partial charge in [-0.3, -0.25) is 0 Å². The van der Waals surface area contributed by atoms with Crippen molar-refractivity contribution in [3.05, 3.63) is 58.6 Å². The number of halogens is 1. The third kappa shape index (κ3) is 1.68. The Morgan fingerprint density at radius 1 is 1.00 bits per heavy atom.